The molecule has 3 heterocycles. The molecule has 3 rings (SSSR count). The van der Waals surface area contributed by atoms with Crippen molar-refractivity contribution >= 4 is 0 Å². The summed E-state index contributed by atoms with van der Waals surface area (Å²) in [6.07, 6.45) is 4.26. The van der Waals surface area contributed by atoms with Crippen LogP contribution in [0.15, 0.2) is 0 Å². The largest absolute Gasteiger partial charge is 0.383 e. The Morgan fingerprint density at radius 2 is 2.00 bits per heavy atom. The van der Waals surface area contributed by atoms with E-state index >= 15 is 0 Å². The van der Waals surface area contributed by atoms with E-state index in [0.717, 1.165) is 49.8 Å². The van der Waals surface area contributed by atoms with Gasteiger partial charge < -0.3 is 14.8 Å². The molecule has 0 amide bonds. The first-order valence-corrected chi connectivity index (χ1v) is 7.88. The highest BCUT2D eigenvalue weighted by molar-refractivity contribution is 5.26. The van der Waals surface area contributed by atoms with Gasteiger partial charge in [-0.05, 0) is 33.1 Å². The summed E-state index contributed by atoms with van der Waals surface area (Å²) in [4.78, 5) is 9.54. The van der Waals surface area contributed by atoms with Crippen LogP contribution in [0.2, 0.25) is 0 Å². The molecule has 5 nitrogen and oxygen atoms in total. The Morgan fingerprint density at radius 1 is 1.24 bits per heavy atom. The van der Waals surface area contributed by atoms with Gasteiger partial charge in [-0.3, -0.25) is 0 Å². The topological polar surface area (TPSA) is 56.3 Å². The number of nitrogens with zero attached hydrogens (tertiary/aromatic N) is 2. The molecule has 2 aliphatic rings. The van der Waals surface area contributed by atoms with Gasteiger partial charge in [-0.1, -0.05) is 0 Å². The van der Waals surface area contributed by atoms with Crippen molar-refractivity contribution < 1.29 is 9.47 Å². The Morgan fingerprint density at radius 3 is 2.57 bits per heavy atom. The first-order chi connectivity index (χ1) is 10.2. The molecule has 2 aliphatic heterocycles. The fraction of sp³-hybridized carbons (Fsp3) is 0.750. The van der Waals surface area contributed by atoms with Crippen LogP contribution < -0.4 is 5.32 Å². The molecule has 116 valence electrons. The molecular weight excluding hydrogens is 266 g/mol. The number of fused-ring (bicyclic) bond motifs is 2. The van der Waals surface area contributed by atoms with Crippen LogP contribution in [0.5, 0.6) is 0 Å². The normalized spacial score (nSPS) is 27.5. The second-order valence-corrected chi connectivity index (χ2v) is 6.12. The smallest absolute Gasteiger partial charge is 0.134 e. The van der Waals surface area contributed by atoms with Crippen molar-refractivity contribution in [1.82, 2.24) is 15.3 Å². The highest BCUT2D eigenvalue weighted by atomic mass is 16.5. The van der Waals surface area contributed by atoms with Crippen molar-refractivity contribution in [3.8, 4) is 0 Å². The lowest BCUT2D eigenvalue weighted by Gasteiger charge is -2.19. The van der Waals surface area contributed by atoms with Crippen LogP contribution >= 0.6 is 0 Å². The molecule has 21 heavy (non-hydrogen) atoms. The highest BCUT2D eigenvalue weighted by Gasteiger charge is 2.43. The highest BCUT2D eigenvalue weighted by Crippen LogP contribution is 2.43. The minimum absolute atomic E-state index is 0.347. The van der Waals surface area contributed by atoms with E-state index in [2.05, 4.69) is 19.2 Å². The summed E-state index contributed by atoms with van der Waals surface area (Å²) in [6.45, 7) is 6.53. The van der Waals surface area contributed by atoms with Gasteiger partial charge in [-0.15, -0.1) is 0 Å². The fourth-order valence-electron chi connectivity index (χ4n) is 3.48. The molecule has 0 aliphatic carbocycles. The molecule has 0 saturated carbocycles. The molecule has 0 radical (unpaired) electrons. The molecular formula is C16H25N3O2. The Labute approximate surface area is 126 Å². The Kier molecular flexibility index (Phi) is 4.52. The minimum Gasteiger partial charge on any atom is -0.383 e. The van der Waals surface area contributed by atoms with Crippen molar-refractivity contribution in [1.29, 1.82) is 0 Å². The summed E-state index contributed by atoms with van der Waals surface area (Å²) < 4.78 is 11.0. The van der Waals surface area contributed by atoms with Gasteiger partial charge in [0.1, 0.15) is 5.82 Å². The first-order valence-electron chi connectivity index (χ1n) is 7.88. The lowest BCUT2D eigenvalue weighted by Crippen LogP contribution is -2.22. The maximum Gasteiger partial charge on any atom is 0.134 e. The molecule has 0 aromatic carbocycles. The monoisotopic (exact) mass is 291 g/mol. The maximum absolute atomic E-state index is 5.93. The van der Waals surface area contributed by atoms with Gasteiger partial charge in [0.2, 0.25) is 0 Å². The average molecular weight is 291 g/mol. The third-order valence-electron chi connectivity index (χ3n) is 4.66. The summed E-state index contributed by atoms with van der Waals surface area (Å²) in [5, 5.41) is 3.37. The van der Waals surface area contributed by atoms with Crippen LogP contribution in [0.1, 0.15) is 48.0 Å². The maximum atomic E-state index is 5.93. The Balaban J connectivity index is 1.70. The van der Waals surface area contributed by atoms with Gasteiger partial charge >= 0.3 is 0 Å². The van der Waals surface area contributed by atoms with Crippen LogP contribution in [0, 0.1) is 13.8 Å². The number of hydrogen-bond acceptors (Lipinski definition) is 5. The third-order valence-corrected chi connectivity index (χ3v) is 4.66. The van der Waals surface area contributed by atoms with Gasteiger partial charge in [0, 0.05) is 43.1 Å². The standard InChI is InChI=1S/C16H25N3O2/c1-10-14(9-17-6-7-20-3)11(2)19-16(18-10)13-8-12-4-5-15(13)21-12/h12-13,15,17H,4-9H2,1-3H3. The molecule has 5 heteroatoms. The van der Waals surface area contributed by atoms with Crippen molar-refractivity contribution in [3.05, 3.63) is 22.8 Å². The number of aromatic nitrogens is 2. The van der Waals surface area contributed by atoms with Gasteiger partial charge in [-0.2, -0.15) is 0 Å². The van der Waals surface area contributed by atoms with Crippen LogP contribution in [0.3, 0.4) is 0 Å². The third kappa shape index (κ3) is 3.10. The molecule has 2 saturated heterocycles. The van der Waals surface area contributed by atoms with E-state index in [0.29, 0.717) is 18.1 Å². The predicted octanol–water partition coefficient (Wildman–Crippen LogP) is 1.86. The van der Waals surface area contributed by atoms with Gasteiger partial charge in [-0.25, -0.2) is 9.97 Å². The van der Waals surface area contributed by atoms with Gasteiger partial charge in [0.05, 0.1) is 18.8 Å². The van der Waals surface area contributed by atoms with Crippen LogP contribution in [0.25, 0.3) is 0 Å². The molecule has 0 spiro atoms. The molecule has 1 N–H and O–H groups in total. The van der Waals surface area contributed by atoms with Crippen LogP contribution in [-0.2, 0) is 16.0 Å². The summed E-state index contributed by atoms with van der Waals surface area (Å²) >= 11 is 0. The van der Waals surface area contributed by atoms with Crippen molar-refractivity contribution in [2.24, 2.45) is 0 Å². The van der Waals surface area contributed by atoms with Gasteiger partial charge in [0.15, 0.2) is 0 Å². The molecule has 2 fully saturated rings. The van der Waals surface area contributed by atoms with E-state index in [1.807, 2.05) is 0 Å². The van der Waals surface area contributed by atoms with Crippen molar-refractivity contribution in [2.75, 3.05) is 20.3 Å². The number of methoxy groups -OCH3 is 1. The number of nitrogens with one attached hydrogen (secondary N) is 1. The molecule has 2 bridgehead atoms. The summed E-state index contributed by atoms with van der Waals surface area (Å²) in [6, 6.07) is 0. The van der Waals surface area contributed by atoms with E-state index < -0.39 is 0 Å². The predicted molar refractivity (Wildman–Crippen MR) is 80.3 cm³/mol. The lowest BCUT2D eigenvalue weighted by molar-refractivity contribution is 0.0998. The number of ether oxygens (including phenoxy) is 2. The van der Waals surface area contributed by atoms with Crippen molar-refractivity contribution in [3.63, 3.8) is 0 Å². The van der Waals surface area contributed by atoms with Crippen LogP contribution in [-0.4, -0.2) is 42.4 Å². The summed E-state index contributed by atoms with van der Waals surface area (Å²) in [5.74, 6) is 1.38. The quantitative estimate of drug-likeness (QED) is 0.811. The van der Waals surface area contributed by atoms with E-state index in [9.17, 15) is 0 Å². The average Bonchev–Trinajstić information content (AvgIpc) is 3.08. The Hall–Kier alpha value is -1.04. The molecule has 3 atom stereocenters. The number of rotatable bonds is 6. The zero-order chi connectivity index (χ0) is 14.8. The summed E-state index contributed by atoms with van der Waals surface area (Å²) in [5.41, 5.74) is 3.38. The van der Waals surface area contributed by atoms with E-state index in [1.54, 1.807) is 7.11 Å². The Bertz CT molecular complexity index is 483. The SMILES string of the molecule is COCCNCc1c(C)nc(C2CC3CCC2O3)nc1C. The molecule has 1 aromatic rings. The lowest BCUT2D eigenvalue weighted by atomic mass is 9.88. The van der Waals surface area contributed by atoms with E-state index in [-0.39, 0.29) is 0 Å². The second kappa shape index (κ2) is 6.38. The van der Waals surface area contributed by atoms with Gasteiger partial charge in [0.25, 0.3) is 0 Å². The zero-order valence-electron chi connectivity index (χ0n) is 13.2. The zero-order valence-corrected chi connectivity index (χ0v) is 13.2. The first kappa shape index (κ1) is 14.9. The number of hydrogen-bond donors (Lipinski definition) is 1. The molecule has 1 aromatic heterocycles. The summed E-state index contributed by atoms with van der Waals surface area (Å²) in [7, 11) is 1.72. The minimum atomic E-state index is 0.347. The van der Waals surface area contributed by atoms with Crippen LogP contribution in [0.4, 0.5) is 0 Å². The molecule has 3 unspecified atom stereocenters. The second-order valence-electron chi connectivity index (χ2n) is 6.12. The number of aryl methyl sites for hydroxylation is 2. The van der Waals surface area contributed by atoms with E-state index in [4.69, 9.17) is 19.4 Å². The van der Waals surface area contributed by atoms with E-state index in [1.165, 1.54) is 12.0 Å². The van der Waals surface area contributed by atoms with Crippen molar-refractivity contribution in [2.45, 2.75) is 57.8 Å². The fourth-order valence-corrected chi connectivity index (χ4v) is 3.48.